The Balaban J connectivity index is 0.00000484. The summed E-state index contributed by atoms with van der Waals surface area (Å²) < 4.78 is 34.6. The first kappa shape index (κ1) is 21.9. The van der Waals surface area contributed by atoms with Crippen molar-refractivity contribution in [1.29, 1.82) is 0 Å². The van der Waals surface area contributed by atoms with Gasteiger partial charge in [0.1, 0.15) is 0 Å². The van der Waals surface area contributed by atoms with E-state index in [0.29, 0.717) is 25.4 Å². The van der Waals surface area contributed by atoms with Crippen molar-refractivity contribution >= 4 is 12.4 Å². The Labute approximate surface area is 143 Å². The molecule has 0 heterocycles. The average molecular weight is 353 g/mol. The second-order valence-corrected chi connectivity index (χ2v) is 6.13. The molecule has 0 amide bonds. The third kappa shape index (κ3) is 7.81. The lowest BCUT2D eigenvalue weighted by atomic mass is 9.93. The van der Waals surface area contributed by atoms with E-state index in [0.717, 1.165) is 12.1 Å². The second-order valence-electron chi connectivity index (χ2n) is 6.13. The molecule has 0 aliphatic carbocycles. The van der Waals surface area contributed by atoms with Gasteiger partial charge in [-0.3, -0.25) is 0 Å². The van der Waals surface area contributed by atoms with Gasteiger partial charge in [0.25, 0.3) is 0 Å². The van der Waals surface area contributed by atoms with Crippen LogP contribution in [0.1, 0.15) is 26.3 Å². The number of halogens is 3. The van der Waals surface area contributed by atoms with Gasteiger partial charge in [-0.05, 0) is 43.6 Å². The number of alkyl halides is 2. The molecule has 0 bridgehead atoms. The Hall–Kier alpha value is -1.11. The Morgan fingerprint density at radius 1 is 1.26 bits per heavy atom. The quantitative estimate of drug-likeness (QED) is 0.738. The zero-order valence-electron chi connectivity index (χ0n) is 14.1. The van der Waals surface area contributed by atoms with Crippen molar-refractivity contribution in [3.05, 3.63) is 23.8 Å². The molecule has 0 spiro atoms. The first-order chi connectivity index (χ1) is 10.3. The Kier molecular flexibility index (Phi) is 9.42. The summed E-state index contributed by atoms with van der Waals surface area (Å²) in [4.78, 5) is 2.14. The van der Waals surface area contributed by atoms with Gasteiger partial charge in [-0.1, -0.05) is 19.9 Å². The van der Waals surface area contributed by atoms with Crippen LogP contribution in [0.15, 0.2) is 18.2 Å². The maximum atomic E-state index is 12.4. The van der Waals surface area contributed by atoms with E-state index >= 15 is 0 Å². The van der Waals surface area contributed by atoms with Crippen molar-refractivity contribution in [2.75, 3.05) is 26.7 Å². The first-order valence-electron chi connectivity index (χ1n) is 7.36. The van der Waals surface area contributed by atoms with Gasteiger partial charge in [-0.25, -0.2) is 0 Å². The number of benzene rings is 1. The van der Waals surface area contributed by atoms with Crippen molar-refractivity contribution in [1.82, 2.24) is 4.90 Å². The van der Waals surface area contributed by atoms with Gasteiger partial charge < -0.3 is 20.1 Å². The molecule has 0 aliphatic rings. The molecule has 1 rings (SSSR count). The van der Waals surface area contributed by atoms with Crippen LogP contribution in [0.4, 0.5) is 8.78 Å². The van der Waals surface area contributed by atoms with E-state index in [9.17, 15) is 8.78 Å². The Morgan fingerprint density at radius 2 is 1.91 bits per heavy atom. The van der Waals surface area contributed by atoms with Crippen molar-refractivity contribution in [2.24, 2.45) is 11.1 Å². The predicted molar refractivity (Wildman–Crippen MR) is 90.7 cm³/mol. The van der Waals surface area contributed by atoms with E-state index < -0.39 is 6.61 Å². The number of hydrogen-bond acceptors (Lipinski definition) is 4. The lowest BCUT2D eigenvalue weighted by molar-refractivity contribution is -0.0514. The summed E-state index contributed by atoms with van der Waals surface area (Å²) >= 11 is 0. The van der Waals surface area contributed by atoms with Crippen LogP contribution in [0.3, 0.4) is 0 Å². The fourth-order valence-corrected chi connectivity index (χ4v) is 2.28. The average Bonchev–Trinajstić information content (AvgIpc) is 2.41. The Morgan fingerprint density at radius 3 is 2.43 bits per heavy atom. The summed E-state index contributed by atoms with van der Waals surface area (Å²) in [6, 6.07) is 5.04. The van der Waals surface area contributed by atoms with E-state index in [-0.39, 0.29) is 23.6 Å². The highest BCUT2D eigenvalue weighted by atomic mass is 35.5. The van der Waals surface area contributed by atoms with E-state index in [4.69, 9.17) is 10.5 Å². The molecule has 2 N–H and O–H groups in total. The topological polar surface area (TPSA) is 47.7 Å². The number of rotatable bonds is 9. The fourth-order valence-electron chi connectivity index (χ4n) is 2.28. The number of nitrogens with two attached hydrogens (primary N) is 1. The molecular formula is C16H27ClF2N2O2. The highest BCUT2D eigenvalue weighted by Gasteiger charge is 2.18. The lowest BCUT2D eigenvalue weighted by Gasteiger charge is -2.29. The fraction of sp³-hybridized carbons (Fsp3) is 0.625. The molecule has 1 aromatic carbocycles. The minimum atomic E-state index is -2.86. The number of nitrogens with zero attached hydrogens (tertiary/aromatic N) is 1. The maximum Gasteiger partial charge on any atom is 0.387 e. The normalized spacial score (nSPS) is 11.5. The van der Waals surface area contributed by atoms with Gasteiger partial charge in [0.05, 0.1) is 6.61 Å². The zero-order chi connectivity index (χ0) is 16.8. The van der Waals surface area contributed by atoms with E-state index in [1.54, 1.807) is 19.1 Å². The summed E-state index contributed by atoms with van der Waals surface area (Å²) in [5.41, 5.74) is 6.74. The molecule has 0 radical (unpaired) electrons. The largest absolute Gasteiger partial charge is 0.490 e. The van der Waals surface area contributed by atoms with Crippen LogP contribution in [0.5, 0.6) is 11.5 Å². The van der Waals surface area contributed by atoms with Crippen molar-refractivity contribution < 1.29 is 18.3 Å². The lowest BCUT2D eigenvalue weighted by Crippen LogP contribution is -2.36. The van der Waals surface area contributed by atoms with E-state index in [1.165, 1.54) is 6.07 Å². The highest BCUT2D eigenvalue weighted by molar-refractivity contribution is 5.85. The highest BCUT2D eigenvalue weighted by Crippen LogP contribution is 2.30. The molecule has 0 atom stereocenters. The third-order valence-corrected chi connectivity index (χ3v) is 3.23. The van der Waals surface area contributed by atoms with Gasteiger partial charge in [-0.2, -0.15) is 8.78 Å². The molecule has 4 nitrogen and oxygen atoms in total. The molecule has 0 aliphatic heterocycles. The standard InChI is InChI=1S/C16H26F2N2O2.ClH/c1-5-21-14-8-12(6-7-13(14)22-15(17)18)9-20(4)11-16(2,3)10-19;/h6-8,15H,5,9-11,19H2,1-4H3;1H. The predicted octanol–water partition coefficient (Wildman–Crippen LogP) is 3.53. The van der Waals surface area contributed by atoms with Crippen LogP contribution in [-0.4, -0.2) is 38.3 Å². The van der Waals surface area contributed by atoms with Crippen molar-refractivity contribution in [3.8, 4) is 11.5 Å². The molecule has 0 saturated heterocycles. The third-order valence-electron chi connectivity index (χ3n) is 3.23. The second kappa shape index (κ2) is 9.90. The monoisotopic (exact) mass is 352 g/mol. The zero-order valence-corrected chi connectivity index (χ0v) is 15.0. The summed E-state index contributed by atoms with van der Waals surface area (Å²) in [7, 11) is 2.00. The van der Waals surface area contributed by atoms with Crippen LogP contribution in [-0.2, 0) is 6.54 Å². The number of hydrogen-bond donors (Lipinski definition) is 1. The molecule has 0 saturated carbocycles. The van der Waals surface area contributed by atoms with E-state index in [2.05, 4.69) is 23.5 Å². The van der Waals surface area contributed by atoms with Crippen LogP contribution in [0, 0.1) is 5.41 Å². The molecule has 134 valence electrons. The van der Waals surface area contributed by atoms with Gasteiger partial charge in [0, 0.05) is 13.1 Å². The SMILES string of the molecule is CCOc1cc(CN(C)CC(C)(C)CN)ccc1OC(F)F.Cl. The number of ether oxygens (including phenoxy) is 2. The van der Waals surface area contributed by atoms with Crippen molar-refractivity contribution in [2.45, 2.75) is 33.9 Å². The summed E-state index contributed by atoms with van der Waals surface area (Å²) in [5, 5.41) is 0. The molecule has 7 heteroatoms. The van der Waals surface area contributed by atoms with Crippen LogP contribution in [0.25, 0.3) is 0 Å². The van der Waals surface area contributed by atoms with Crippen LogP contribution >= 0.6 is 12.4 Å². The molecule has 0 fully saturated rings. The first-order valence-corrected chi connectivity index (χ1v) is 7.36. The summed E-state index contributed by atoms with van der Waals surface area (Å²) in [6.45, 7) is 5.65. The van der Waals surface area contributed by atoms with Crippen molar-refractivity contribution in [3.63, 3.8) is 0 Å². The van der Waals surface area contributed by atoms with Crippen LogP contribution < -0.4 is 15.2 Å². The van der Waals surface area contributed by atoms with Gasteiger partial charge in [0.15, 0.2) is 11.5 Å². The minimum absolute atomic E-state index is 0. The molecule has 0 aromatic heterocycles. The molecule has 1 aromatic rings. The van der Waals surface area contributed by atoms with Gasteiger partial charge in [0.2, 0.25) is 0 Å². The smallest absolute Gasteiger partial charge is 0.387 e. The summed E-state index contributed by atoms with van der Waals surface area (Å²) in [6.07, 6.45) is 0. The van der Waals surface area contributed by atoms with Crippen LogP contribution in [0.2, 0.25) is 0 Å². The maximum absolute atomic E-state index is 12.4. The molecular weight excluding hydrogens is 326 g/mol. The Bertz CT molecular complexity index is 473. The van der Waals surface area contributed by atoms with Gasteiger partial charge >= 0.3 is 6.61 Å². The molecule has 0 unspecified atom stereocenters. The summed E-state index contributed by atoms with van der Waals surface area (Å²) in [5.74, 6) is 0.400. The molecule has 23 heavy (non-hydrogen) atoms. The van der Waals surface area contributed by atoms with Gasteiger partial charge in [-0.15, -0.1) is 12.4 Å². The minimum Gasteiger partial charge on any atom is -0.490 e. The van der Waals surface area contributed by atoms with E-state index in [1.807, 2.05) is 7.05 Å².